The summed E-state index contributed by atoms with van der Waals surface area (Å²) in [6, 6.07) is 4.31. The molecule has 4 heteroatoms. The van der Waals surface area contributed by atoms with E-state index >= 15 is 0 Å². The van der Waals surface area contributed by atoms with Crippen molar-refractivity contribution >= 4 is 21.6 Å². The Bertz CT molecular complexity index is 523. The van der Waals surface area contributed by atoms with Crippen LogP contribution in [0.2, 0.25) is 0 Å². The quantitative estimate of drug-likeness (QED) is 0.928. The van der Waals surface area contributed by atoms with Crippen molar-refractivity contribution in [3.63, 3.8) is 0 Å². The molecule has 96 valence electrons. The number of aromatic nitrogens is 2. The van der Waals surface area contributed by atoms with Gasteiger partial charge in [-0.25, -0.2) is 0 Å². The molecule has 0 saturated carbocycles. The lowest BCUT2D eigenvalue weighted by atomic mass is 10.1. The molecule has 0 spiro atoms. The summed E-state index contributed by atoms with van der Waals surface area (Å²) in [5.41, 5.74) is 4.86. The van der Waals surface area contributed by atoms with Crippen molar-refractivity contribution in [3.8, 4) is 0 Å². The van der Waals surface area contributed by atoms with Crippen LogP contribution in [0.3, 0.4) is 0 Å². The van der Waals surface area contributed by atoms with Crippen LogP contribution in [0.25, 0.3) is 0 Å². The van der Waals surface area contributed by atoms with E-state index in [0.29, 0.717) is 0 Å². The van der Waals surface area contributed by atoms with Crippen molar-refractivity contribution in [3.05, 3.63) is 45.7 Å². The SMILES string of the molecule is CCn1cc(CNc2cc(C)c(Br)c(C)c2)cn1. The largest absolute Gasteiger partial charge is 0.381 e. The van der Waals surface area contributed by atoms with Gasteiger partial charge in [0.1, 0.15) is 0 Å². The van der Waals surface area contributed by atoms with Gasteiger partial charge in [0.05, 0.1) is 6.20 Å². The smallest absolute Gasteiger partial charge is 0.0539 e. The molecule has 0 unspecified atom stereocenters. The van der Waals surface area contributed by atoms with Crippen LogP contribution in [0, 0.1) is 13.8 Å². The Kier molecular flexibility index (Phi) is 4.07. The second-order valence-electron chi connectivity index (χ2n) is 4.48. The molecule has 0 amide bonds. The summed E-state index contributed by atoms with van der Waals surface area (Å²) in [7, 11) is 0. The van der Waals surface area contributed by atoms with Crippen LogP contribution < -0.4 is 5.32 Å². The summed E-state index contributed by atoms with van der Waals surface area (Å²) in [6.07, 6.45) is 3.99. The number of nitrogens with one attached hydrogen (secondary N) is 1. The van der Waals surface area contributed by atoms with E-state index in [9.17, 15) is 0 Å². The number of halogens is 1. The summed E-state index contributed by atoms with van der Waals surface area (Å²) in [5.74, 6) is 0. The standard InChI is InChI=1S/C14H18BrN3/c1-4-18-9-12(8-17-18)7-16-13-5-10(2)14(15)11(3)6-13/h5-6,8-9,16H,4,7H2,1-3H3. The average Bonchev–Trinajstić information content (AvgIpc) is 2.81. The molecular formula is C14H18BrN3. The zero-order valence-corrected chi connectivity index (χ0v) is 12.6. The van der Waals surface area contributed by atoms with Crippen molar-refractivity contribution < 1.29 is 0 Å². The first-order valence-electron chi connectivity index (χ1n) is 6.12. The molecule has 0 bridgehead atoms. The van der Waals surface area contributed by atoms with E-state index in [2.05, 4.69) is 65.4 Å². The van der Waals surface area contributed by atoms with E-state index in [0.717, 1.165) is 18.8 Å². The predicted molar refractivity (Wildman–Crippen MR) is 78.8 cm³/mol. The van der Waals surface area contributed by atoms with E-state index in [1.54, 1.807) is 0 Å². The van der Waals surface area contributed by atoms with Crippen LogP contribution in [0.4, 0.5) is 5.69 Å². The molecule has 1 N–H and O–H groups in total. The van der Waals surface area contributed by atoms with Gasteiger partial charge in [-0.15, -0.1) is 0 Å². The maximum atomic E-state index is 4.27. The lowest BCUT2D eigenvalue weighted by Gasteiger charge is -2.09. The lowest BCUT2D eigenvalue weighted by molar-refractivity contribution is 0.659. The molecule has 1 heterocycles. The molecule has 2 aromatic rings. The fourth-order valence-corrected chi connectivity index (χ4v) is 2.15. The Morgan fingerprint density at radius 2 is 1.94 bits per heavy atom. The molecular weight excluding hydrogens is 290 g/mol. The fraction of sp³-hybridized carbons (Fsp3) is 0.357. The van der Waals surface area contributed by atoms with E-state index in [1.807, 2.05) is 10.9 Å². The van der Waals surface area contributed by atoms with Crippen molar-refractivity contribution in [1.29, 1.82) is 0 Å². The topological polar surface area (TPSA) is 29.9 Å². The minimum Gasteiger partial charge on any atom is -0.381 e. The summed E-state index contributed by atoms with van der Waals surface area (Å²) >= 11 is 3.58. The molecule has 0 atom stereocenters. The molecule has 0 aliphatic rings. The Morgan fingerprint density at radius 1 is 1.28 bits per heavy atom. The number of anilines is 1. The van der Waals surface area contributed by atoms with Gasteiger partial charge in [-0.05, 0) is 44.0 Å². The van der Waals surface area contributed by atoms with Gasteiger partial charge in [-0.1, -0.05) is 15.9 Å². The van der Waals surface area contributed by atoms with Crippen LogP contribution in [0.15, 0.2) is 29.0 Å². The predicted octanol–water partition coefficient (Wildman–Crippen LogP) is 3.89. The monoisotopic (exact) mass is 307 g/mol. The van der Waals surface area contributed by atoms with Crippen LogP contribution in [0.1, 0.15) is 23.6 Å². The Hall–Kier alpha value is -1.29. The highest BCUT2D eigenvalue weighted by atomic mass is 79.9. The molecule has 3 nitrogen and oxygen atoms in total. The third-order valence-corrected chi connectivity index (χ3v) is 4.19. The number of rotatable bonds is 4. The first-order valence-corrected chi connectivity index (χ1v) is 6.91. The van der Waals surface area contributed by atoms with Gasteiger partial charge in [-0.2, -0.15) is 5.10 Å². The second-order valence-corrected chi connectivity index (χ2v) is 5.27. The minimum absolute atomic E-state index is 0.806. The summed E-state index contributed by atoms with van der Waals surface area (Å²) < 4.78 is 3.13. The summed E-state index contributed by atoms with van der Waals surface area (Å²) in [4.78, 5) is 0. The number of hydrogen-bond donors (Lipinski definition) is 1. The van der Waals surface area contributed by atoms with Gasteiger partial charge >= 0.3 is 0 Å². The van der Waals surface area contributed by atoms with E-state index in [1.165, 1.54) is 21.2 Å². The molecule has 0 aliphatic heterocycles. The Balaban J connectivity index is 2.06. The van der Waals surface area contributed by atoms with Crippen molar-refractivity contribution in [2.45, 2.75) is 33.9 Å². The number of hydrogen-bond acceptors (Lipinski definition) is 2. The van der Waals surface area contributed by atoms with E-state index < -0.39 is 0 Å². The van der Waals surface area contributed by atoms with Gasteiger partial charge in [0, 0.05) is 35.0 Å². The van der Waals surface area contributed by atoms with Gasteiger partial charge in [-0.3, -0.25) is 4.68 Å². The average molecular weight is 308 g/mol. The first-order chi connectivity index (χ1) is 8.60. The third-order valence-electron chi connectivity index (χ3n) is 2.94. The molecule has 18 heavy (non-hydrogen) atoms. The van der Waals surface area contributed by atoms with Crippen LogP contribution in [0.5, 0.6) is 0 Å². The molecule has 0 fully saturated rings. The van der Waals surface area contributed by atoms with Crippen LogP contribution in [-0.2, 0) is 13.1 Å². The number of benzene rings is 1. The maximum absolute atomic E-state index is 4.27. The van der Waals surface area contributed by atoms with Gasteiger partial charge < -0.3 is 5.32 Å². The first kappa shape index (κ1) is 13.1. The van der Waals surface area contributed by atoms with Gasteiger partial charge in [0.25, 0.3) is 0 Å². The molecule has 0 radical (unpaired) electrons. The van der Waals surface area contributed by atoms with Crippen molar-refractivity contribution in [2.24, 2.45) is 0 Å². The van der Waals surface area contributed by atoms with Crippen LogP contribution in [-0.4, -0.2) is 9.78 Å². The summed E-state index contributed by atoms with van der Waals surface area (Å²) in [5, 5.41) is 7.70. The van der Waals surface area contributed by atoms with Crippen molar-refractivity contribution in [2.75, 3.05) is 5.32 Å². The number of nitrogens with zero attached hydrogens (tertiary/aromatic N) is 2. The van der Waals surface area contributed by atoms with Gasteiger partial charge in [0.2, 0.25) is 0 Å². The van der Waals surface area contributed by atoms with Gasteiger partial charge in [0.15, 0.2) is 0 Å². The Morgan fingerprint density at radius 3 is 2.50 bits per heavy atom. The molecule has 1 aromatic heterocycles. The highest BCUT2D eigenvalue weighted by Gasteiger charge is 2.03. The lowest BCUT2D eigenvalue weighted by Crippen LogP contribution is -2.00. The van der Waals surface area contributed by atoms with E-state index in [-0.39, 0.29) is 0 Å². The molecule has 0 saturated heterocycles. The normalized spacial score (nSPS) is 10.7. The highest BCUT2D eigenvalue weighted by Crippen LogP contribution is 2.25. The minimum atomic E-state index is 0.806. The maximum Gasteiger partial charge on any atom is 0.0539 e. The molecule has 2 rings (SSSR count). The second kappa shape index (κ2) is 5.57. The summed E-state index contributed by atoms with van der Waals surface area (Å²) in [6.45, 7) is 8.03. The van der Waals surface area contributed by atoms with E-state index in [4.69, 9.17) is 0 Å². The van der Waals surface area contributed by atoms with Crippen molar-refractivity contribution in [1.82, 2.24) is 9.78 Å². The zero-order valence-electron chi connectivity index (χ0n) is 11.0. The fourth-order valence-electron chi connectivity index (χ4n) is 1.92. The zero-order chi connectivity index (χ0) is 13.1. The molecule has 1 aromatic carbocycles. The third kappa shape index (κ3) is 2.93. The Labute approximate surface area is 116 Å². The van der Waals surface area contributed by atoms with Crippen LogP contribution >= 0.6 is 15.9 Å². The highest BCUT2D eigenvalue weighted by molar-refractivity contribution is 9.10. The molecule has 0 aliphatic carbocycles. The number of aryl methyl sites for hydroxylation is 3.